The van der Waals surface area contributed by atoms with Crippen LogP contribution in [-0.2, 0) is 0 Å². The molecule has 0 spiro atoms. The molecule has 1 aromatic rings. The van der Waals surface area contributed by atoms with Gasteiger partial charge in [-0.15, -0.1) is 0 Å². The van der Waals surface area contributed by atoms with Gasteiger partial charge in [-0.2, -0.15) is 0 Å². The monoisotopic (exact) mass is 195 g/mol. The zero-order valence-electron chi connectivity index (χ0n) is 8.20. The van der Waals surface area contributed by atoms with Gasteiger partial charge in [0, 0.05) is 11.8 Å². The summed E-state index contributed by atoms with van der Waals surface area (Å²) in [5.74, 6) is 5.26. The van der Waals surface area contributed by atoms with Crippen molar-refractivity contribution in [3.63, 3.8) is 0 Å². The number of hydrazine groups is 1. The van der Waals surface area contributed by atoms with Crippen LogP contribution in [0.1, 0.15) is 23.0 Å². The van der Waals surface area contributed by atoms with Crippen LogP contribution in [0.3, 0.4) is 0 Å². The SMILES string of the molecule is CCOc1ccnc(C(=O)NN)c1C. The Kier molecular flexibility index (Phi) is 3.41. The van der Waals surface area contributed by atoms with Crippen LogP contribution in [0.4, 0.5) is 0 Å². The zero-order valence-corrected chi connectivity index (χ0v) is 8.20. The van der Waals surface area contributed by atoms with Crippen molar-refractivity contribution >= 4 is 5.91 Å². The second kappa shape index (κ2) is 4.57. The lowest BCUT2D eigenvalue weighted by atomic mass is 10.2. The van der Waals surface area contributed by atoms with Crippen molar-refractivity contribution in [3.8, 4) is 5.75 Å². The zero-order chi connectivity index (χ0) is 10.6. The van der Waals surface area contributed by atoms with Gasteiger partial charge >= 0.3 is 0 Å². The first-order valence-electron chi connectivity index (χ1n) is 4.30. The number of amides is 1. The number of ether oxygens (including phenoxy) is 1. The molecule has 0 aliphatic rings. The van der Waals surface area contributed by atoms with Crippen molar-refractivity contribution in [2.24, 2.45) is 5.84 Å². The van der Waals surface area contributed by atoms with E-state index in [4.69, 9.17) is 10.6 Å². The van der Waals surface area contributed by atoms with E-state index in [1.54, 1.807) is 13.0 Å². The lowest BCUT2D eigenvalue weighted by Crippen LogP contribution is -2.31. The highest BCUT2D eigenvalue weighted by Gasteiger charge is 2.12. The predicted octanol–water partition coefficient (Wildman–Crippen LogP) is 0.392. The molecule has 0 aliphatic heterocycles. The van der Waals surface area contributed by atoms with E-state index in [0.717, 1.165) is 0 Å². The molecule has 0 radical (unpaired) electrons. The van der Waals surface area contributed by atoms with Crippen LogP contribution in [0.5, 0.6) is 5.75 Å². The van der Waals surface area contributed by atoms with Gasteiger partial charge in [0.15, 0.2) is 0 Å². The molecule has 0 bridgehead atoms. The van der Waals surface area contributed by atoms with Gasteiger partial charge in [-0.3, -0.25) is 15.2 Å². The lowest BCUT2D eigenvalue weighted by Gasteiger charge is -2.09. The van der Waals surface area contributed by atoms with Crippen LogP contribution in [0, 0.1) is 6.92 Å². The van der Waals surface area contributed by atoms with Gasteiger partial charge in [0.05, 0.1) is 6.61 Å². The summed E-state index contributed by atoms with van der Waals surface area (Å²) in [7, 11) is 0. The second-order valence-electron chi connectivity index (χ2n) is 2.69. The predicted molar refractivity (Wildman–Crippen MR) is 51.8 cm³/mol. The molecule has 5 nitrogen and oxygen atoms in total. The molecule has 1 aromatic heterocycles. The number of nitrogens with two attached hydrogens (primary N) is 1. The molecule has 0 aromatic carbocycles. The van der Waals surface area contributed by atoms with E-state index in [1.165, 1.54) is 6.20 Å². The van der Waals surface area contributed by atoms with Gasteiger partial charge in [0.2, 0.25) is 0 Å². The number of pyridine rings is 1. The number of hydrogen-bond donors (Lipinski definition) is 2. The molecule has 0 unspecified atom stereocenters. The molecule has 0 aliphatic carbocycles. The summed E-state index contributed by atoms with van der Waals surface area (Å²) in [6, 6.07) is 1.71. The standard InChI is InChI=1S/C9H13N3O2/c1-3-14-7-4-5-11-8(6(7)2)9(13)12-10/h4-5H,3,10H2,1-2H3,(H,12,13). The topological polar surface area (TPSA) is 77.2 Å². The molecule has 5 heteroatoms. The molecular weight excluding hydrogens is 182 g/mol. The maximum atomic E-state index is 11.2. The van der Waals surface area contributed by atoms with Crippen LogP contribution < -0.4 is 16.0 Å². The van der Waals surface area contributed by atoms with Gasteiger partial charge in [-0.05, 0) is 19.9 Å². The van der Waals surface area contributed by atoms with Crippen LogP contribution in [0.25, 0.3) is 0 Å². The number of carbonyl (C=O) groups excluding carboxylic acids is 1. The first-order valence-corrected chi connectivity index (χ1v) is 4.30. The number of carbonyl (C=O) groups is 1. The van der Waals surface area contributed by atoms with E-state index in [2.05, 4.69) is 4.98 Å². The maximum absolute atomic E-state index is 11.2. The second-order valence-corrected chi connectivity index (χ2v) is 2.69. The first kappa shape index (κ1) is 10.5. The van der Waals surface area contributed by atoms with Crippen LogP contribution >= 0.6 is 0 Å². The minimum atomic E-state index is -0.413. The Balaban J connectivity index is 3.07. The highest BCUT2D eigenvalue weighted by molar-refractivity contribution is 5.93. The summed E-state index contributed by atoms with van der Waals surface area (Å²) in [6.45, 7) is 4.19. The third-order valence-corrected chi connectivity index (χ3v) is 1.80. The smallest absolute Gasteiger partial charge is 0.284 e. The Morgan fingerprint density at radius 2 is 2.43 bits per heavy atom. The molecule has 1 heterocycles. The van der Waals surface area contributed by atoms with E-state index in [0.29, 0.717) is 23.6 Å². The van der Waals surface area contributed by atoms with Crippen molar-refractivity contribution in [3.05, 3.63) is 23.5 Å². The first-order chi connectivity index (χ1) is 6.70. The Morgan fingerprint density at radius 1 is 1.71 bits per heavy atom. The molecule has 1 rings (SSSR count). The Morgan fingerprint density at radius 3 is 3.00 bits per heavy atom. The van der Waals surface area contributed by atoms with Crippen LogP contribution in [0.15, 0.2) is 12.3 Å². The third kappa shape index (κ3) is 2.00. The summed E-state index contributed by atoms with van der Waals surface area (Å²) in [5.41, 5.74) is 3.02. The summed E-state index contributed by atoms with van der Waals surface area (Å²) >= 11 is 0. The molecule has 0 saturated heterocycles. The fourth-order valence-electron chi connectivity index (χ4n) is 1.13. The summed E-state index contributed by atoms with van der Waals surface area (Å²) in [4.78, 5) is 15.2. The van der Waals surface area contributed by atoms with Gasteiger partial charge in [0.1, 0.15) is 11.4 Å². The summed E-state index contributed by atoms with van der Waals surface area (Å²) in [5, 5.41) is 0. The van der Waals surface area contributed by atoms with E-state index in [-0.39, 0.29) is 0 Å². The number of hydrogen-bond acceptors (Lipinski definition) is 4. The number of nitrogens with zero attached hydrogens (tertiary/aromatic N) is 1. The summed E-state index contributed by atoms with van der Waals surface area (Å²) < 4.78 is 5.31. The van der Waals surface area contributed by atoms with Crippen LogP contribution in [0.2, 0.25) is 0 Å². The highest BCUT2D eigenvalue weighted by atomic mass is 16.5. The molecular formula is C9H13N3O2. The normalized spacial score (nSPS) is 9.64. The number of rotatable bonds is 3. The fraction of sp³-hybridized carbons (Fsp3) is 0.333. The largest absolute Gasteiger partial charge is 0.493 e. The van der Waals surface area contributed by atoms with E-state index < -0.39 is 5.91 Å². The van der Waals surface area contributed by atoms with Crippen molar-refractivity contribution in [1.29, 1.82) is 0 Å². The van der Waals surface area contributed by atoms with Crippen molar-refractivity contribution < 1.29 is 9.53 Å². The Labute approximate surface area is 82.2 Å². The maximum Gasteiger partial charge on any atom is 0.284 e. The summed E-state index contributed by atoms with van der Waals surface area (Å²) in [6.07, 6.45) is 1.52. The van der Waals surface area contributed by atoms with Gasteiger partial charge < -0.3 is 4.74 Å². The Bertz CT molecular complexity index is 339. The fourth-order valence-corrected chi connectivity index (χ4v) is 1.13. The molecule has 3 N–H and O–H groups in total. The van der Waals surface area contributed by atoms with Crippen molar-refractivity contribution in [2.75, 3.05) is 6.61 Å². The molecule has 0 fully saturated rings. The quantitative estimate of drug-likeness (QED) is 0.415. The molecule has 76 valence electrons. The lowest BCUT2D eigenvalue weighted by molar-refractivity contribution is 0.0947. The average molecular weight is 195 g/mol. The number of nitrogens with one attached hydrogen (secondary N) is 1. The molecule has 1 amide bonds. The van der Waals surface area contributed by atoms with Crippen molar-refractivity contribution in [2.45, 2.75) is 13.8 Å². The number of aromatic nitrogens is 1. The van der Waals surface area contributed by atoms with Gasteiger partial charge in [0.25, 0.3) is 5.91 Å². The Hall–Kier alpha value is -1.62. The van der Waals surface area contributed by atoms with Gasteiger partial charge in [-0.25, -0.2) is 5.84 Å². The third-order valence-electron chi connectivity index (χ3n) is 1.80. The molecule has 0 saturated carbocycles. The average Bonchev–Trinajstić information content (AvgIpc) is 2.20. The van der Waals surface area contributed by atoms with Crippen molar-refractivity contribution in [1.82, 2.24) is 10.4 Å². The molecule has 14 heavy (non-hydrogen) atoms. The van der Waals surface area contributed by atoms with E-state index >= 15 is 0 Å². The highest BCUT2D eigenvalue weighted by Crippen LogP contribution is 2.18. The minimum absolute atomic E-state index is 0.290. The van der Waals surface area contributed by atoms with E-state index in [9.17, 15) is 4.79 Å². The number of nitrogen functional groups attached to an aromatic ring is 1. The minimum Gasteiger partial charge on any atom is -0.493 e. The molecule has 0 atom stereocenters. The van der Waals surface area contributed by atoms with Crippen LogP contribution in [-0.4, -0.2) is 17.5 Å². The van der Waals surface area contributed by atoms with E-state index in [1.807, 2.05) is 12.3 Å². The van der Waals surface area contributed by atoms with Gasteiger partial charge in [-0.1, -0.05) is 0 Å².